The van der Waals surface area contributed by atoms with Crippen LogP contribution < -0.4 is 0 Å². The van der Waals surface area contributed by atoms with Gasteiger partial charge in [-0.25, -0.2) is 0 Å². The Hall–Kier alpha value is -1.85. The normalized spacial score (nSPS) is 10.8. The molecular formula is C14H9NS. The Morgan fingerprint density at radius 3 is 2.81 bits per heavy atom. The standard InChI is InChI=1S/C14H9NS/c1-9-3-2-4-12-11-6-5-10(8-15)7-13(11)16-14(9)12/h2-7H,1H3. The van der Waals surface area contributed by atoms with Gasteiger partial charge in [0, 0.05) is 20.2 Å². The average molecular weight is 223 g/mol. The molecule has 1 heterocycles. The molecule has 76 valence electrons. The molecule has 1 aromatic heterocycles. The lowest BCUT2D eigenvalue weighted by atomic mass is 10.1. The zero-order chi connectivity index (χ0) is 11.1. The van der Waals surface area contributed by atoms with E-state index in [-0.39, 0.29) is 0 Å². The van der Waals surface area contributed by atoms with Crippen LogP contribution in [-0.4, -0.2) is 0 Å². The number of nitriles is 1. The molecule has 0 aliphatic heterocycles. The SMILES string of the molecule is Cc1cccc2c1sc1cc(C#N)ccc12. The van der Waals surface area contributed by atoms with Crippen LogP contribution in [0.5, 0.6) is 0 Å². The van der Waals surface area contributed by atoms with Crippen LogP contribution >= 0.6 is 11.3 Å². The van der Waals surface area contributed by atoms with Crippen molar-refractivity contribution in [3.8, 4) is 6.07 Å². The van der Waals surface area contributed by atoms with E-state index in [0.717, 1.165) is 5.56 Å². The summed E-state index contributed by atoms with van der Waals surface area (Å²) in [5, 5.41) is 11.4. The van der Waals surface area contributed by atoms with Crippen molar-refractivity contribution in [3.63, 3.8) is 0 Å². The lowest BCUT2D eigenvalue weighted by Gasteiger charge is -1.93. The van der Waals surface area contributed by atoms with Crippen molar-refractivity contribution < 1.29 is 0 Å². The van der Waals surface area contributed by atoms with Gasteiger partial charge < -0.3 is 0 Å². The van der Waals surface area contributed by atoms with Crippen molar-refractivity contribution >= 4 is 31.5 Å². The molecule has 0 aliphatic rings. The van der Waals surface area contributed by atoms with Crippen molar-refractivity contribution in [1.82, 2.24) is 0 Å². The predicted octanol–water partition coefficient (Wildman–Crippen LogP) is 4.23. The highest BCUT2D eigenvalue weighted by molar-refractivity contribution is 7.26. The van der Waals surface area contributed by atoms with E-state index >= 15 is 0 Å². The number of hydrogen-bond acceptors (Lipinski definition) is 2. The molecule has 0 bridgehead atoms. The summed E-state index contributed by atoms with van der Waals surface area (Å²) in [4.78, 5) is 0. The molecule has 1 nitrogen and oxygen atoms in total. The first-order valence-electron chi connectivity index (χ1n) is 5.11. The number of benzene rings is 2. The first-order chi connectivity index (χ1) is 7.79. The van der Waals surface area contributed by atoms with E-state index in [4.69, 9.17) is 5.26 Å². The minimum Gasteiger partial charge on any atom is -0.192 e. The van der Waals surface area contributed by atoms with Gasteiger partial charge in [-0.3, -0.25) is 0 Å². The molecule has 0 N–H and O–H groups in total. The number of thiophene rings is 1. The third-order valence-corrected chi connectivity index (χ3v) is 4.13. The maximum atomic E-state index is 8.88. The van der Waals surface area contributed by atoms with Crippen molar-refractivity contribution in [2.75, 3.05) is 0 Å². The Morgan fingerprint density at radius 2 is 2.00 bits per heavy atom. The minimum absolute atomic E-state index is 0.733. The molecule has 0 fully saturated rings. The second kappa shape index (κ2) is 3.33. The summed E-state index contributed by atoms with van der Waals surface area (Å²) in [5.74, 6) is 0. The van der Waals surface area contributed by atoms with Gasteiger partial charge in [0.1, 0.15) is 0 Å². The highest BCUT2D eigenvalue weighted by Gasteiger charge is 2.06. The molecule has 2 aromatic carbocycles. The molecule has 3 rings (SSSR count). The minimum atomic E-state index is 0.733. The van der Waals surface area contributed by atoms with E-state index in [9.17, 15) is 0 Å². The summed E-state index contributed by atoms with van der Waals surface area (Å²) in [5.41, 5.74) is 2.04. The van der Waals surface area contributed by atoms with E-state index in [1.165, 1.54) is 25.7 Å². The predicted molar refractivity (Wildman–Crippen MR) is 68.8 cm³/mol. The molecule has 0 aliphatic carbocycles. The quantitative estimate of drug-likeness (QED) is 0.559. The van der Waals surface area contributed by atoms with Gasteiger partial charge in [-0.2, -0.15) is 5.26 Å². The van der Waals surface area contributed by atoms with Crippen LogP contribution in [0.1, 0.15) is 11.1 Å². The highest BCUT2D eigenvalue weighted by atomic mass is 32.1. The molecule has 0 saturated heterocycles. The molecule has 0 amide bonds. The maximum Gasteiger partial charge on any atom is 0.0992 e. The van der Waals surface area contributed by atoms with Crippen LogP contribution in [-0.2, 0) is 0 Å². The van der Waals surface area contributed by atoms with E-state index in [1.54, 1.807) is 11.3 Å². The van der Waals surface area contributed by atoms with E-state index in [1.807, 2.05) is 18.2 Å². The average Bonchev–Trinajstić information content (AvgIpc) is 2.68. The van der Waals surface area contributed by atoms with Gasteiger partial charge in [-0.05, 0) is 24.6 Å². The van der Waals surface area contributed by atoms with Crippen LogP contribution in [0.15, 0.2) is 36.4 Å². The fourth-order valence-corrected chi connectivity index (χ4v) is 3.22. The molecule has 16 heavy (non-hydrogen) atoms. The monoisotopic (exact) mass is 223 g/mol. The molecule has 0 spiro atoms. The van der Waals surface area contributed by atoms with Crippen LogP contribution in [0.2, 0.25) is 0 Å². The molecule has 3 aromatic rings. The first-order valence-corrected chi connectivity index (χ1v) is 5.93. The summed E-state index contributed by atoms with van der Waals surface area (Å²) < 4.78 is 2.52. The number of rotatable bonds is 0. The number of hydrogen-bond donors (Lipinski definition) is 0. The second-order valence-electron chi connectivity index (χ2n) is 3.88. The summed E-state index contributed by atoms with van der Waals surface area (Å²) in [6, 6.07) is 14.4. The van der Waals surface area contributed by atoms with Gasteiger partial charge in [0.25, 0.3) is 0 Å². The zero-order valence-corrected chi connectivity index (χ0v) is 9.64. The summed E-state index contributed by atoms with van der Waals surface area (Å²) in [6.45, 7) is 2.13. The highest BCUT2D eigenvalue weighted by Crippen LogP contribution is 2.35. The van der Waals surface area contributed by atoms with Gasteiger partial charge in [0.05, 0.1) is 11.6 Å². The van der Waals surface area contributed by atoms with Crippen LogP contribution in [0, 0.1) is 18.3 Å². The molecule has 0 atom stereocenters. The topological polar surface area (TPSA) is 23.8 Å². The fourth-order valence-electron chi connectivity index (χ4n) is 2.01. The maximum absolute atomic E-state index is 8.88. The van der Waals surface area contributed by atoms with E-state index < -0.39 is 0 Å². The third kappa shape index (κ3) is 1.22. The van der Waals surface area contributed by atoms with Crippen molar-refractivity contribution in [2.45, 2.75) is 6.92 Å². The molecule has 2 heteroatoms. The first kappa shape index (κ1) is 9.38. The van der Waals surface area contributed by atoms with Gasteiger partial charge in [-0.15, -0.1) is 11.3 Å². The van der Waals surface area contributed by atoms with Crippen molar-refractivity contribution in [2.24, 2.45) is 0 Å². The van der Waals surface area contributed by atoms with Crippen LogP contribution in [0.25, 0.3) is 20.2 Å². The zero-order valence-electron chi connectivity index (χ0n) is 8.82. The summed E-state index contributed by atoms with van der Waals surface area (Å²) in [7, 11) is 0. The second-order valence-corrected chi connectivity index (χ2v) is 4.93. The molecule has 0 radical (unpaired) electrons. The lowest BCUT2D eigenvalue weighted by molar-refractivity contribution is 1.50. The summed E-state index contributed by atoms with van der Waals surface area (Å²) >= 11 is 1.77. The number of aryl methyl sites for hydroxylation is 1. The Labute approximate surface area is 97.6 Å². The molecule has 0 saturated carbocycles. The van der Waals surface area contributed by atoms with Crippen LogP contribution in [0.4, 0.5) is 0 Å². The lowest BCUT2D eigenvalue weighted by Crippen LogP contribution is -1.72. The Bertz CT molecular complexity index is 731. The van der Waals surface area contributed by atoms with Gasteiger partial charge in [0.15, 0.2) is 0 Å². The largest absolute Gasteiger partial charge is 0.192 e. The van der Waals surface area contributed by atoms with E-state index in [0.29, 0.717) is 0 Å². The smallest absolute Gasteiger partial charge is 0.0992 e. The third-order valence-electron chi connectivity index (χ3n) is 2.82. The fraction of sp³-hybridized carbons (Fsp3) is 0.0714. The van der Waals surface area contributed by atoms with E-state index in [2.05, 4.69) is 31.2 Å². The Kier molecular flexibility index (Phi) is 1.95. The molecular weight excluding hydrogens is 214 g/mol. The molecule has 0 unspecified atom stereocenters. The van der Waals surface area contributed by atoms with Gasteiger partial charge in [0.2, 0.25) is 0 Å². The van der Waals surface area contributed by atoms with Gasteiger partial charge in [-0.1, -0.05) is 24.3 Å². The Morgan fingerprint density at radius 1 is 1.12 bits per heavy atom. The van der Waals surface area contributed by atoms with Crippen molar-refractivity contribution in [1.29, 1.82) is 5.26 Å². The Balaban J connectivity index is 2.51. The summed E-state index contributed by atoms with van der Waals surface area (Å²) in [6.07, 6.45) is 0. The van der Waals surface area contributed by atoms with Crippen LogP contribution in [0.3, 0.4) is 0 Å². The number of fused-ring (bicyclic) bond motifs is 3. The number of nitrogens with zero attached hydrogens (tertiary/aromatic N) is 1. The van der Waals surface area contributed by atoms with Crippen molar-refractivity contribution in [3.05, 3.63) is 47.5 Å². The van der Waals surface area contributed by atoms with Gasteiger partial charge >= 0.3 is 0 Å².